The van der Waals surface area contributed by atoms with Crippen LogP contribution in [0.1, 0.15) is 29.4 Å². The molecule has 2 N–H and O–H groups in total. The number of benzene rings is 1. The van der Waals surface area contributed by atoms with Crippen LogP contribution in [0.25, 0.3) is 0 Å². The zero-order valence-electron chi connectivity index (χ0n) is 14.9. The fraction of sp³-hybridized carbons (Fsp3) is 0.300. The number of nitrogens with zero attached hydrogens (tertiary/aromatic N) is 2. The van der Waals surface area contributed by atoms with Crippen LogP contribution in [-0.4, -0.2) is 34.4 Å². The first-order valence-electron chi connectivity index (χ1n) is 8.59. The molecule has 6 heteroatoms. The summed E-state index contributed by atoms with van der Waals surface area (Å²) in [4.78, 5) is 32.9. The number of hydrogen-bond donors (Lipinski definition) is 2. The Kier molecular flexibility index (Phi) is 7.49. The molecule has 0 aliphatic carbocycles. The molecule has 0 spiro atoms. The summed E-state index contributed by atoms with van der Waals surface area (Å²) in [5.41, 5.74) is 1.14. The second kappa shape index (κ2) is 10.1. The van der Waals surface area contributed by atoms with Gasteiger partial charge in [-0.2, -0.15) is 0 Å². The summed E-state index contributed by atoms with van der Waals surface area (Å²) in [7, 11) is 0. The van der Waals surface area contributed by atoms with Gasteiger partial charge < -0.3 is 10.6 Å². The van der Waals surface area contributed by atoms with E-state index in [0.29, 0.717) is 13.0 Å². The van der Waals surface area contributed by atoms with Gasteiger partial charge in [0.25, 0.3) is 5.91 Å². The zero-order valence-corrected chi connectivity index (χ0v) is 14.9. The van der Waals surface area contributed by atoms with Crippen molar-refractivity contribution in [3.63, 3.8) is 0 Å². The van der Waals surface area contributed by atoms with Gasteiger partial charge >= 0.3 is 0 Å². The molecule has 2 aromatic rings. The van der Waals surface area contributed by atoms with Gasteiger partial charge in [-0.15, -0.1) is 6.58 Å². The zero-order chi connectivity index (χ0) is 18.8. The summed E-state index contributed by atoms with van der Waals surface area (Å²) in [6.07, 6.45) is 7.35. The first-order valence-corrected chi connectivity index (χ1v) is 8.59. The van der Waals surface area contributed by atoms with E-state index in [0.717, 1.165) is 12.0 Å². The highest BCUT2D eigenvalue weighted by Gasteiger charge is 2.22. The first kappa shape index (κ1) is 19.3. The van der Waals surface area contributed by atoms with Crippen molar-refractivity contribution in [1.29, 1.82) is 0 Å². The summed E-state index contributed by atoms with van der Waals surface area (Å²) in [5, 5.41) is 5.67. The van der Waals surface area contributed by atoms with E-state index in [1.54, 1.807) is 0 Å². The summed E-state index contributed by atoms with van der Waals surface area (Å²) in [6, 6.07) is 8.88. The predicted molar refractivity (Wildman–Crippen MR) is 100 cm³/mol. The molecule has 0 bridgehead atoms. The second-order valence-electron chi connectivity index (χ2n) is 6.18. The summed E-state index contributed by atoms with van der Waals surface area (Å²) in [6.45, 7) is 6.27. The Morgan fingerprint density at radius 1 is 1.23 bits per heavy atom. The van der Waals surface area contributed by atoms with Gasteiger partial charge in [-0.25, -0.2) is 4.98 Å². The summed E-state index contributed by atoms with van der Waals surface area (Å²) < 4.78 is 0. The highest BCUT2D eigenvalue weighted by Crippen LogP contribution is 2.06. The molecule has 1 unspecified atom stereocenters. The van der Waals surface area contributed by atoms with Crippen LogP contribution in [0.15, 0.2) is 61.6 Å². The van der Waals surface area contributed by atoms with E-state index in [2.05, 4.69) is 27.2 Å². The molecular formula is C20H24N4O2. The van der Waals surface area contributed by atoms with Crippen LogP contribution in [0.4, 0.5) is 0 Å². The summed E-state index contributed by atoms with van der Waals surface area (Å²) in [5.74, 6) is -0.361. The minimum absolute atomic E-state index is 0.179. The highest BCUT2D eigenvalue weighted by atomic mass is 16.2. The smallest absolute Gasteiger partial charge is 0.272 e. The molecule has 0 aliphatic rings. The Morgan fingerprint density at radius 2 is 2.00 bits per heavy atom. The highest BCUT2D eigenvalue weighted by molar-refractivity contribution is 5.95. The number of allylic oxidation sites excluding steroid dienone is 1. The standard InChI is InChI=1S/C20H24N4O2/c1-3-7-15(2)13-23-19(25)17(12-16-8-5-4-6-9-16)24-20(26)18-14-21-10-11-22-18/h3-6,8-11,14-15,17H,1,7,12-13H2,2H3,(H,23,25)(H,24,26)/t15?,17-/m0/s1. The van der Waals surface area contributed by atoms with Crippen LogP contribution in [0.3, 0.4) is 0 Å². The number of carbonyl (C=O) groups is 2. The topological polar surface area (TPSA) is 84.0 Å². The van der Waals surface area contributed by atoms with Gasteiger partial charge in [0.2, 0.25) is 5.91 Å². The van der Waals surface area contributed by atoms with Gasteiger partial charge in [-0.3, -0.25) is 14.6 Å². The van der Waals surface area contributed by atoms with E-state index in [-0.39, 0.29) is 17.5 Å². The lowest BCUT2D eigenvalue weighted by atomic mass is 10.0. The van der Waals surface area contributed by atoms with Crippen molar-refractivity contribution in [1.82, 2.24) is 20.6 Å². The minimum atomic E-state index is -0.692. The number of hydrogen-bond acceptors (Lipinski definition) is 4. The van der Waals surface area contributed by atoms with E-state index in [4.69, 9.17) is 0 Å². The number of aromatic nitrogens is 2. The van der Waals surface area contributed by atoms with Gasteiger partial charge in [0.05, 0.1) is 6.20 Å². The van der Waals surface area contributed by atoms with E-state index in [1.165, 1.54) is 18.6 Å². The van der Waals surface area contributed by atoms with Gasteiger partial charge in [0, 0.05) is 25.4 Å². The number of nitrogens with one attached hydrogen (secondary N) is 2. The molecule has 6 nitrogen and oxygen atoms in total. The fourth-order valence-electron chi connectivity index (χ4n) is 2.47. The molecule has 1 aromatic carbocycles. The molecule has 2 atom stereocenters. The quantitative estimate of drug-likeness (QED) is 0.677. The SMILES string of the molecule is C=CCC(C)CNC(=O)[C@H](Cc1ccccc1)NC(=O)c1cnccn1. The van der Waals surface area contributed by atoms with E-state index >= 15 is 0 Å². The van der Waals surface area contributed by atoms with Crippen molar-refractivity contribution >= 4 is 11.8 Å². The average Bonchev–Trinajstić information content (AvgIpc) is 2.67. The maximum atomic E-state index is 12.6. The molecule has 26 heavy (non-hydrogen) atoms. The van der Waals surface area contributed by atoms with Crippen molar-refractivity contribution in [2.24, 2.45) is 5.92 Å². The molecule has 136 valence electrons. The monoisotopic (exact) mass is 352 g/mol. The van der Waals surface area contributed by atoms with Crippen molar-refractivity contribution in [2.45, 2.75) is 25.8 Å². The van der Waals surface area contributed by atoms with Gasteiger partial charge in [-0.05, 0) is 17.9 Å². The molecule has 1 aromatic heterocycles. The van der Waals surface area contributed by atoms with Crippen LogP contribution >= 0.6 is 0 Å². The third-order valence-corrected chi connectivity index (χ3v) is 3.89. The molecular weight excluding hydrogens is 328 g/mol. The lowest BCUT2D eigenvalue weighted by Crippen LogP contribution is -2.49. The predicted octanol–water partition coefficient (Wildman–Crippen LogP) is 2.15. The molecule has 0 radical (unpaired) electrons. The minimum Gasteiger partial charge on any atom is -0.354 e. The van der Waals surface area contributed by atoms with Crippen molar-refractivity contribution in [3.05, 3.63) is 72.8 Å². The number of carbonyl (C=O) groups excluding carboxylic acids is 2. The third-order valence-electron chi connectivity index (χ3n) is 3.89. The van der Waals surface area contributed by atoms with E-state index in [1.807, 2.05) is 43.3 Å². The lowest BCUT2D eigenvalue weighted by Gasteiger charge is -2.19. The first-order chi connectivity index (χ1) is 12.6. The Bertz CT molecular complexity index is 719. The maximum Gasteiger partial charge on any atom is 0.272 e. The van der Waals surface area contributed by atoms with Crippen LogP contribution < -0.4 is 10.6 Å². The normalized spacial score (nSPS) is 12.7. The average molecular weight is 352 g/mol. The van der Waals surface area contributed by atoms with Gasteiger partial charge in [-0.1, -0.05) is 43.3 Å². The number of amides is 2. The molecule has 0 aliphatic heterocycles. The van der Waals surface area contributed by atoms with Crippen LogP contribution in [0.5, 0.6) is 0 Å². The molecule has 0 saturated heterocycles. The van der Waals surface area contributed by atoms with Gasteiger partial charge in [0.1, 0.15) is 11.7 Å². The molecule has 0 fully saturated rings. The molecule has 2 amide bonds. The molecule has 1 heterocycles. The second-order valence-corrected chi connectivity index (χ2v) is 6.18. The molecule has 2 rings (SSSR count). The number of rotatable bonds is 9. The Hall–Kier alpha value is -3.02. The maximum absolute atomic E-state index is 12.6. The van der Waals surface area contributed by atoms with Gasteiger partial charge in [0.15, 0.2) is 0 Å². The van der Waals surface area contributed by atoms with Crippen LogP contribution in [0.2, 0.25) is 0 Å². The van der Waals surface area contributed by atoms with E-state index < -0.39 is 11.9 Å². The van der Waals surface area contributed by atoms with Crippen LogP contribution in [0, 0.1) is 5.92 Å². The lowest BCUT2D eigenvalue weighted by molar-refractivity contribution is -0.123. The molecule has 0 saturated carbocycles. The van der Waals surface area contributed by atoms with E-state index in [9.17, 15) is 9.59 Å². The largest absolute Gasteiger partial charge is 0.354 e. The fourth-order valence-corrected chi connectivity index (χ4v) is 2.47. The van der Waals surface area contributed by atoms with Crippen LogP contribution in [-0.2, 0) is 11.2 Å². The third kappa shape index (κ3) is 6.12. The Balaban J connectivity index is 2.06. The Morgan fingerprint density at radius 3 is 2.65 bits per heavy atom. The van der Waals surface area contributed by atoms with Crippen molar-refractivity contribution in [2.75, 3.05) is 6.54 Å². The van der Waals surface area contributed by atoms with Crippen molar-refractivity contribution in [3.8, 4) is 0 Å². The Labute approximate surface area is 153 Å². The van der Waals surface area contributed by atoms with Crippen molar-refractivity contribution < 1.29 is 9.59 Å². The summed E-state index contributed by atoms with van der Waals surface area (Å²) >= 11 is 0.